The van der Waals surface area contributed by atoms with E-state index in [0.29, 0.717) is 0 Å². The van der Waals surface area contributed by atoms with Crippen LogP contribution in [-0.4, -0.2) is 0 Å². The minimum atomic E-state index is 0.805. The van der Waals surface area contributed by atoms with Gasteiger partial charge in [-0.3, -0.25) is 0 Å². The Morgan fingerprint density at radius 2 is 2.09 bits per heavy atom. The fourth-order valence-electron chi connectivity index (χ4n) is 1.03. The van der Waals surface area contributed by atoms with Crippen LogP contribution in [-0.2, 0) is 0 Å². The smallest absolute Gasteiger partial charge is 0.0568 e. The molecule has 0 fully saturated rings. The molecule has 3 heteroatoms. The highest BCUT2D eigenvalue weighted by atomic mass is 32.2. The van der Waals surface area contributed by atoms with Gasteiger partial charge in [0.1, 0.15) is 0 Å². The molecule has 0 bridgehead atoms. The van der Waals surface area contributed by atoms with Gasteiger partial charge in [-0.25, -0.2) is 0 Å². The summed E-state index contributed by atoms with van der Waals surface area (Å²) in [6.07, 6.45) is 1.81. The second-order valence-electron chi connectivity index (χ2n) is 2.32. The molecule has 3 N–H and O–H groups in total. The van der Waals surface area contributed by atoms with Crippen molar-refractivity contribution in [3.05, 3.63) is 36.0 Å². The molecule has 0 atom stereocenters. The molecule has 2 rings (SSSR count). The summed E-state index contributed by atoms with van der Waals surface area (Å²) in [6, 6.07) is 8.07. The molecule has 11 heavy (non-hydrogen) atoms. The zero-order chi connectivity index (χ0) is 7.68. The minimum Gasteiger partial charge on any atom is -0.397 e. The van der Waals surface area contributed by atoms with Crippen LogP contribution in [0.3, 0.4) is 0 Å². The number of fused-ring (bicyclic) bond motifs is 1. The van der Waals surface area contributed by atoms with Crippen LogP contribution < -0.4 is 10.5 Å². The Kier molecular flexibility index (Phi) is 1.51. The lowest BCUT2D eigenvalue weighted by molar-refractivity contribution is 1.26. The van der Waals surface area contributed by atoms with Gasteiger partial charge in [-0.15, -0.1) is 0 Å². The summed E-state index contributed by atoms with van der Waals surface area (Å²) in [5.74, 6) is 0. The van der Waals surface area contributed by atoms with Crippen LogP contribution in [0.1, 0.15) is 5.56 Å². The van der Waals surface area contributed by atoms with Crippen molar-refractivity contribution in [3.8, 4) is 0 Å². The first-order chi connectivity index (χ1) is 5.38. The maximum Gasteiger partial charge on any atom is 0.0568 e. The van der Waals surface area contributed by atoms with Crippen molar-refractivity contribution in [1.29, 1.82) is 0 Å². The second kappa shape index (κ2) is 2.51. The minimum absolute atomic E-state index is 0.805. The lowest BCUT2D eigenvalue weighted by Gasteiger charge is -2.13. The zero-order valence-corrected chi connectivity index (χ0v) is 6.69. The van der Waals surface area contributed by atoms with Gasteiger partial charge in [0.05, 0.1) is 5.70 Å². The number of hydrogen-bond acceptors (Lipinski definition) is 3. The van der Waals surface area contributed by atoms with Gasteiger partial charge in [-0.2, -0.15) is 0 Å². The van der Waals surface area contributed by atoms with E-state index in [1.807, 2.05) is 30.5 Å². The van der Waals surface area contributed by atoms with Crippen molar-refractivity contribution in [1.82, 2.24) is 4.72 Å². The molecule has 0 saturated carbocycles. The van der Waals surface area contributed by atoms with Crippen molar-refractivity contribution in [3.63, 3.8) is 0 Å². The molecule has 1 aromatic carbocycles. The molecule has 0 saturated heterocycles. The van der Waals surface area contributed by atoms with Crippen LogP contribution in [0.2, 0.25) is 0 Å². The highest BCUT2D eigenvalue weighted by Gasteiger charge is 2.07. The van der Waals surface area contributed by atoms with E-state index < -0.39 is 0 Å². The van der Waals surface area contributed by atoms with Crippen LogP contribution in [0.25, 0.3) is 5.70 Å². The topological polar surface area (TPSA) is 38.0 Å². The van der Waals surface area contributed by atoms with Gasteiger partial charge in [0.25, 0.3) is 0 Å². The monoisotopic (exact) mass is 164 g/mol. The summed E-state index contributed by atoms with van der Waals surface area (Å²) in [5, 5.41) is 0. The summed E-state index contributed by atoms with van der Waals surface area (Å²) < 4.78 is 3.02. The molecule has 0 spiro atoms. The van der Waals surface area contributed by atoms with E-state index in [2.05, 4.69) is 4.72 Å². The lowest BCUT2D eigenvalue weighted by Crippen LogP contribution is -2.08. The average molecular weight is 164 g/mol. The molecule has 0 aromatic heterocycles. The number of benzene rings is 1. The van der Waals surface area contributed by atoms with Gasteiger partial charge in [-0.1, -0.05) is 18.2 Å². The molecule has 1 aliphatic heterocycles. The van der Waals surface area contributed by atoms with E-state index in [0.717, 1.165) is 11.3 Å². The van der Waals surface area contributed by atoms with Gasteiger partial charge in [-0.05, 0) is 18.0 Å². The van der Waals surface area contributed by atoms with Crippen molar-refractivity contribution >= 4 is 17.6 Å². The first-order valence-electron chi connectivity index (χ1n) is 3.35. The summed E-state index contributed by atoms with van der Waals surface area (Å²) in [5.41, 5.74) is 7.66. The molecular formula is C8H8N2S. The Bertz CT molecular complexity index is 307. The Labute approximate surface area is 69.6 Å². The van der Waals surface area contributed by atoms with E-state index in [-0.39, 0.29) is 0 Å². The van der Waals surface area contributed by atoms with E-state index in [1.54, 1.807) is 11.9 Å². The highest BCUT2D eigenvalue weighted by molar-refractivity contribution is 7.97. The van der Waals surface area contributed by atoms with E-state index in [1.165, 1.54) is 4.90 Å². The normalized spacial score (nSPS) is 14.7. The first-order valence-corrected chi connectivity index (χ1v) is 4.17. The molecule has 1 aromatic rings. The third-order valence-corrected chi connectivity index (χ3v) is 2.39. The Balaban J connectivity index is 2.56. The maximum atomic E-state index is 5.73. The Morgan fingerprint density at radius 3 is 2.91 bits per heavy atom. The van der Waals surface area contributed by atoms with Crippen LogP contribution >= 0.6 is 11.9 Å². The Hall–Kier alpha value is -1.09. The van der Waals surface area contributed by atoms with Crippen LogP contribution in [0.4, 0.5) is 0 Å². The Morgan fingerprint density at radius 1 is 1.27 bits per heavy atom. The number of nitrogens with two attached hydrogens (primary N) is 1. The molecule has 0 radical (unpaired) electrons. The molecular weight excluding hydrogens is 156 g/mol. The lowest BCUT2D eigenvalue weighted by atomic mass is 10.2. The summed E-state index contributed by atoms with van der Waals surface area (Å²) in [7, 11) is 0. The molecule has 0 amide bonds. The number of rotatable bonds is 0. The van der Waals surface area contributed by atoms with Crippen molar-refractivity contribution in [2.24, 2.45) is 5.73 Å². The van der Waals surface area contributed by atoms with Gasteiger partial charge in [0.15, 0.2) is 0 Å². The van der Waals surface area contributed by atoms with E-state index in [4.69, 9.17) is 5.73 Å². The predicted molar refractivity (Wildman–Crippen MR) is 47.6 cm³/mol. The van der Waals surface area contributed by atoms with Crippen molar-refractivity contribution in [2.75, 3.05) is 0 Å². The number of hydrogen-bond donors (Lipinski definition) is 2. The molecule has 0 unspecified atom stereocenters. The third-order valence-electron chi connectivity index (χ3n) is 1.58. The summed E-state index contributed by atoms with van der Waals surface area (Å²) in [4.78, 5) is 1.19. The molecule has 2 nitrogen and oxygen atoms in total. The van der Waals surface area contributed by atoms with Crippen LogP contribution in [0, 0.1) is 0 Å². The van der Waals surface area contributed by atoms with Gasteiger partial charge < -0.3 is 10.5 Å². The quantitative estimate of drug-likeness (QED) is 0.571. The van der Waals surface area contributed by atoms with Crippen LogP contribution in [0.15, 0.2) is 35.4 Å². The zero-order valence-electron chi connectivity index (χ0n) is 5.87. The second-order valence-corrected chi connectivity index (χ2v) is 3.20. The highest BCUT2D eigenvalue weighted by Crippen LogP contribution is 2.27. The molecule has 1 aliphatic rings. The average Bonchev–Trinajstić information content (AvgIpc) is 2.06. The van der Waals surface area contributed by atoms with E-state index in [9.17, 15) is 0 Å². The first kappa shape index (κ1) is 6.61. The SMILES string of the molecule is NC1=CNSc2ccccc21. The standard InChI is InChI=1S/C8H8N2S/c9-7-5-10-11-8-4-2-1-3-6(7)8/h1-5,10H,9H2. The van der Waals surface area contributed by atoms with Crippen molar-refractivity contribution in [2.45, 2.75) is 4.90 Å². The van der Waals surface area contributed by atoms with Gasteiger partial charge in [0, 0.05) is 16.7 Å². The fourth-order valence-corrected chi connectivity index (χ4v) is 1.78. The summed E-state index contributed by atoms with van der Waals surface area (Å²) >= 11 is 1.59. The largest absolute Gasteiger partial charge is 0.397 e. The van der Waals surface area contributed by atoms with Gasteiger partial charge in [0.2, 0.25) is 0 Å². The van der Waals surface area contributed by atoms with Gasteiger partial charge >= 0.3 is 0 Å². The maximum absolute atomic E-state index is 5.73. The molecule has 0 aliphatic carbocycles. The molecule has 56 valence electrons. The third kappa shape index (κ3) is 1.07. The molecule has 1 heterocycles. The van der Waals surface area contributed by atoms with Crippen LogP contribution in [0.5, 0.6) is 0 Å². The van der Waals surface area contributed by atoms with E-state index >= 15 is 0 Å². The van der Waals surface area contributed by atoms with Crippen molar-refractivity contribution < 1.29 is 0 Å². The fraction of sp³-hybridized carbons (Fsp3) is 0. The number of nitrogens with one attached hydrogen (secondary N) is 1. The predicted octanol–water partition coefficient (Wildman–Crippen LogP) is 1.55. The summed E-state index contributed by atoms with van der Waals surface area (Å²) in [6.45, 7) is 0.